The summed E-state index contributed by atoms with van der Waals surface area (Å²) in [5.74, 6) is -0.103. The Bertz CT molecular complexity index is 728. The lowest BCUT2D eigenvalue weighted by Gasteiger charge is -2.33. The number of nitrogens with two attached hydrogens (primary N) is 1. The summed E-state index contributed by atoms with van der Waals surface area (Å²) in [6.07, 6.45) is 0.00257. The minimum Gasteiger partial charge on any atom is -0.399 e. The van der Waals surface area contributed by atoms with Crippen molar-refractivity contribution in [2.24, 2.45) is 0 Å². The molecule has 0 aromatic heterocycles. The minimum absolute atomic E-state index is 0. The molecule has 1 fully saturated rings. The van der Waals surface area contributed by atoms with E-state index in [0.717, 1.165) is 25.2 Å². The number of nitrogens with one attached hydrogen (secondary N) is 1. The molecule has 1 saturated heterocycles. The summed E-state index contributed by atoms with van der Waals surface area (Å²) in [6.45, 7) is 5.72. The summed E-state index contributed by atoms with van der Waals surface area (Å²) in [5.41, 5.74) is 9.22. The molecule has 0 spiro atoms. The number of benzene rings is 2. The highest BCUT2D eigenvalue weighted by Gasteiger charge is 2.21. The van der Waals surface area contributed by atoms with E-state index >= 15 is 0 Å². The maximum absolute atomic E-state index is 12.4. The normalized spacial score (nSPS) is 16.7. The molecule has 0 radical (unpaired) electrons. The van der Waals surface area contributed by atoms with Gasteiger partial charge in [-0.1, -0.05) is 36.4 Å². The number of carbonyl (C=O) groups excluding carboxylic acids is 1. The van der Waals surface area contributed by atoms with E-state index < -0.39 is 0 Å². The van der Waals surface area contributed by atoms with Gasteiger partial charge in [-0.2, -0.15) is 0 Å². The summed E-state index contributed by atoms with van der Waals surface area (Å²) in [7, 11) is 0. The first-order valence-electron chi connectivity index (χ1n) is 8.64. The van der Waals surface area contributed by atoms with E-state index in [9.17, 15) is 4.79 Å². The lowest BCUT2D eigenvalue weighted by Crippen LogP contribution is -2.47. The predicted molar refractivity (Wildman–Crippen MR) is 114 cm³/mol. The largest absolute Gasteiger partial charge is 0.399 e. The third-order valence-electron chi connectivity index (χ3n) is 4.47. The standard InChI is InChI=1S/C20H25N3O2.2ClH/c1-15-7-8-17(21)11-19(15)20(24)22-12-18-14-23(9-10-25-18)13-16-5-3-2-4-6-16;;/h2-8,11,18H,9-10,12-14,21H2,1H3,(H,22,24);2*1H. The summed E-state index contributed by atoms with van der Waals surface area (Å²) in [4.78, 5) is 14.8. The van der Waals surface area contributed by atoms with Gasteiger partial charge in [0.05, 0.1) is 12.7 Å². The highest BCUT2D eigenvalue weighted by Crippen LogP contribution is 2.13. The quantitative estimate of drug-likeness (QED) is 0.741. The van der Waals surface area contributed by atoms with Crippen LogP contribution in [0.15, 0.2) is 48.5 Å². The van der Waals surface area contributed by atoms with E-state index in [4.69, 9.17) is 10.5 Å². The van der Waals surface area contributed by atoms with Crippen molar-refractivity contribution >= 4 is 36.4 Å². The third-order valence-corrected chi connectivity index (χ3v) is 4.47. The van der Waals surface area contributed by atoms with Crippen molar-refractivity contribution in [3.63, 3.8) is 0 Å². The molecule has 2 aromatic carbocycles. The Morgan fingerprint density at radius 2 is 1.96 bits per heavy atom. The second kappa shape index (κ2) is 11.1. The van der Waals surface area contributed by atoms with E-state index in [0.29, 0.717) is 24.4 Å². The number of aryl methyl sites for hydroxylation is 1. The van der Waals surface area contributed by atoms with Crippen molar-refractivity contribution < 1.29 is 9.53 Å². The van der Waals surface area contributed by atoms with Gasteiger partial charge in [-0.05, 0) is 30.2 Å². The molecular weight excluding hydrogens is 385 g/mol. The average molecular weight is 412 g/mol. The zero-order valence-electron chi connectivity index (χ0n) is 15.4. The Kier molecular flexibility index (Phi) is 9.60. The van der Waals surface area contributed by atoms with Crippen LogP contribution >= 0.6 is 24.8 Å². The molecule has 1 atom stereocenters. The van der Waals surface area contributed by atoms with E-state index in [1.54, 1.807) is 12.1 Å². The number of amides is 1. The lowest BCUT2D eigenvalue weighted by atomic mass is 10.1. The van der Waals surface area contributed by atoms with Crippen molar-refractivity contribution in [1.82, 2.24) is 10.2 Å². The monoisotopic (exact) mass is 411 g/mol. The fraction of sp³-hybridized carbons (Fsp3) is 0.350. The van der Waals surface area contributed by atoms with E-state index in [2.05, 4.69) is 34.5 Å². The lowest BCUT2D eigenvalue weighted by molar-refractivity contribution is -0.0292. The molecule has 3 rings (SSSR count). The van der Waals surface area contributed by atoms with Crippen LogP contribution in [-0.2, 0) is 11.3 Å². The van der Waals surface area contributed by atoms with Gasteiger partial charge in [-0.15, -0.1) is 24.8 Å². The van der Waals surface area contributed by atoms with Crippen LogP contribution < -0.4 is 11.1 Å². The van der Waals surface area contributed by atoms with Crippen LogP contribution in [0.1, 0.15) is 21.5 Å². The third kappa shape index (κ3) is 6.70. The first-order valence-corrected chi connectivity index (χ1v) is 8.64. The molecular formula is C20H27Cl2N3O2. The van der Waals surface area contributed by atoms with E-state index in [1.165, 1.54) is 5.56 Å². The molecule has 148 valence electrons. The van der Waals surface area contributed by atoms with Gasteiger partial charge in [-0.3, -0.25) is 9.69 Å². The van der Waals surface area contributed by atoms with Crippen LogP contribution in [0.4, 0.5) is 5.69 Å². The van der Waals surface area contributed by atoms with Crippen molar-refractivity contribution in [3.05, 3.63) is 65.2 Å². The van der Waals surface area contributed by atoms with Crippen molar-refractivity contribution in [1.29, 1.82) is 0 Å². The molecule has 5 nitrogen and oxygen atoms in total. The van der Waals surface area contributed by atoms with Crippen LogP contribution in [0.25, 0.3) is 0 Å². The van der Waals surface area contributed by atoms with Gasteiger partial charge in [-0.25, -0.2) is 0 Å². The fourth-order valence-electron chi connectivity index (χ4n) is 3.08. The molecule has 1 heterocycles. The summed E-state index contributed by atoms with van der Waals surface area (Å²) >= 11 is 0. The zero-order valence-corrected chi connectivity index (χ0v) is 17.0. The van der Waals surface area contributed by atoms with Crippen LogP contribution in [0.3, 0.4) is 0 Å². The first kappa shape index (κ1) is 23.2. The predicted octanol–water partition coefficient (Wildman–Crippen LogP) is 3.05. The number of halogens is 2. The number of hydrogen-bond donors (Lipinski definition) is 2. The van der Waals surface area contributed by atoms with Crippen LogP contribution in [0.2, 0.25) is 0 Å². The van der Waals surface area contributed by atoms with Gasteiger partial charge in [0.2, 0.25) is 0 Å². The van der Waals surface area contributed by atoms with Crippen LogP contribution in [0, 0.1) is 6.92 Å². The van der Waals surface area contributed by atoms with Gasteiger partial charge in [0.1, 0.15) is 0 Å². The first-order chi connectivity index (χ1) is 12.1. The molecule has 27 heavy (non-hydrogen) atoms. The number of hydrogen-bond acceptors (Lipinski definition) is 4. The van der Waals surface area contributed by atoms with Crippen molar-refractivity contribution in [3.8, 4) is 0 Å². The van der Waals surface area contributed by atoms with Crippen LogP contribution in [-0.4, -0.2) is 43.2 Å². The molecule has 0 saturated carbocycles. The molecule has 1 aliphatic heterocycles. The van der Waals surface area contributed by atoms with Crippen molar-refractivity contribution in [2.45, 2.75) is 19.6 Å². The summed E-state index contributed by atoms with van der Waals surface area (Å²) in [6, 6.07) is 15.8. The molecule has 1 unspecified atom stereocenters. The SMILES string of the molecule is Cc1ccc(N)cc1C(=O)NCC1CN(Cc2ccccc2)CCO1.Cl.Cl. The summed E-state index contributed by atoms with van der Waals surface area (Å²) < 4.78 is 5.81. The Balaban J connectivity index is 0.00000182. The molecule has 1 amide bonds. The molecule has 2 aromatic rings. The molecule has 0 aliphatic carbocycles. The van der Waals surface area contributed by atoms with Gasteiger partial charge in [0.25, 0.3) is 5.91 Å². The van der Waals surface area contributed by atoms with Gasteiger partial charge >= 0.3 is 0 Å². The Morgan fingerprint density at radius 1 is 1.22 bits per heavy atom. The number of morpholine rings is 1. The number of rotatable bonds is 5. The second-order valence-corrected chi connectivity index (χ2v) is 6.50. The topological polar surface area (TPSA) is 67.6 Å². The number of nitrogen functional groups attached to an aromatic ring is 1. The summed E-state index contributed by atoms with van der Waals surface area (Å²) in [5, 5.41) is 2.97. The number of ether oxygens (including phenoxy) is 1. The highest BCUT2D eigenvalue weighted by atomic mass is 35.5. The maximum atomic E-state index is 12.4. The van der Waals surface area contributed by atoms with Gasteiger partial charge < -0.3 is 15.8 Å². The molecule has 0 bridgehead atoms. The Morgan fingerprint density at radius 3 is 2.70 bits per heavy atom. The maximum Gasteiger partial charge on any atom is 0.251 e. The molecule has 1 aliphatic rings. The Hall–Kier alpha value is -1.79. The number of carbonyl (C=O) groups is 1. The van der Waals surface area contributed by atoms with E-state index in [1.807, 2.05) is 19.1 Å². The Labute approximate surface area is 173 Å². The van der Waals surface area contributed by atoms with Crippen molar-refractivity contribution in [2.75, 3.05) is 32.0 Å². The molecule has 3 N–H and O–H groups in total. The highest BCUT2D eigenvalue weighted by molar-refractivity contribution is 5.96. The van der Waals surface area contributed by atoms with Gasteiger partial charge in [0.15, 0.2) is 0 Å². The molecule has 7 heteroatoms. The minimum atomic E-state index is -0.103. The van der Waals surface area contributed by atoms with E-state index in [-0.39, 0.29) is 36.8 Å². The fourth-order valence-corrected chi connectivity index (χ4v) is 3.08. The number of nitrogens with zero attached hydrogens (tertiary/aromatic N) is 1. The second-order valence-electron chi connectivity index (χ2n) is 6.50. The number of anilines is 1. The average Bonchev–Trinajstić information content (AvgIpc) is 2.63. The smallest absolute Gasteiger partial charge is 0.251 e. The zero-order chi connectivity index (χ0) is 17.6. The van der Waals surface area contributed by atoms with Crippen LogP contribution in [0.5, 0.6) is 0 Å². The van der Waals surface area contributed by atoms with Gasteiger partial charge in [0, 0.05) is 37.4 Å².